The van der Waals surface area contributed by atoms with Crippen LogP contribution in [-0.2, 0) is 4.79 Å². The van der Waals surface area contributed by atoms with E-state index in [9.17, 15) is 14.4 Å². The quantitative estimate of drug-likeness (QED) is 0.287. The Morgan fingerprint density at radius 3 is 1.63 bits per heavy atom. The minimum Gasteiger partial charge on any atom is -0.355 e. The first kappa shape index (κ1) is 24.1. The van der Waals surface area contributed by atoms with Crippen LogP contribution in [0.5, 0.6) is 0 Å². The van der Waals surface area contributed by atoms with Gasteiger partial charge in [0.25, 0.3) is 11.8 Å². The Morgan fingerprint density at radius 2 is 1.17 bits per heavy atom. The van der Waals surface area contributed by atoms with Crippen molar-refractivity contribution in [1.82, 2.24) is 10.2 Å². The molecule has 0 aromatic heterocycles. The van der Waals surface area contributed by atoms with E-state index < -0.39 is 0 Å². The molecule has 0 aliphatic carbocycles. The zero-order valence-electron chi connectivity index (χ0n) is 18.6. The fourth-order valence-electron chi connectivity index (χ4n) is 3.95. The molecule has 0 fully saturated rings. The summed E-state index contributed by atoms with van der Waals surface area (Å²) in [6.07, 6.45) is 16.8. The molecule has 3 amide bonds. The standard InChI is InChI=1S/C25H38N2O3/c1-2-3-4-5-6-7-8-9-10-11-12-13-16-19-26-23(28)20-27-24(29)21-17-14-15-18-22(21)25(27)30/h14-15,17-18H,2-13,16,19-20H2,1H3,(H,26,28). The molecule has 0 bridgehead atoms. The van der Waals surface area contributed by atoms with Gasteiger partial charge in [-0.3, -0.25) is 19.3 Å². The van der Waals surface area contributed by atoms with Gasteiger partial charge in [0.1, 0.15) is 6.54 Å². The highest BCUT2D eigenvalue weighted by Gasteiger charge is 2.36. The number of fused-ring (bicyclic) bond motifs is 1. The minimum atomic E-state index is -0.383. The first-order chi connectivity index (χ1) is 14.6. The molecular formula is C25H38N2O3. The summed E-state index contributed by atoms with van der Waals surface area (Å²) in [5, 5.41) is 2.83. The number of carbonyl (C=O) groups excluding carboxylic acids is 3. The van der Waals surface area contributed by atoms with Crippen molar-refractivity contribution in [2.75, 3.05) is 13.1 Å². The molecule has 1 aromatic carbocycles. The molecule has 5 heteroatoms. The van der Waals surface area contributed by atoms with Crippen LogP contribution in [0.15, 0.2) is 24.3 Å². The highest BCUT2D eigenvalue weighted by molar-refractivity contribution is 6.22. The Bertz CT molecular complexity index is 652. The van der Waals surface area contributed by atoms with Gasteiger partial charge in [0.2, 0.25) is 5.91 Å². The van der Waals surface area contributed by atoms with E-state index in [-0.39, 0.29) is 24.3 Å². The molecule has 30 heavy (non-hydrogen) atoms. The zero-order valence-corrected chi connectivity index (χ0v) is 18.6. The molecule has 0 saturated heterocycles. The normalized spacial score (nSPS) is 13.0. The van der Waals surface area contributed by atoms with Crippen LogP contribution in [0.4, 0.5) is 0 Å². The van der Waals surface area contributed by atoms with Crippen LogP contribution in [0.2, 0.25) is 0 Å². The first-order valence-electron chi connectivity index (χ1n) is 11.9. The molecule has 166 valence electrons. The Hall–Kier alpha value is -2.17. The summed E-state index contributed by atoms with van der Waals surface area (Å²) >= 11 is 0. The van der Waals surface area contributed by atoms with Gasteiger partial charge < -0.3 is 5.32 Å². The molecule has 0 radical (unpaired) electrons. The van der Waals surface area contributed by atoms with Crippen molar-refractivity contribution < 1.29 is 14.4 Å². The Labute approximate surface area is 181 Å². The molecule has 0 unspecified atom stereocenters. The number of benzene rings is 1. The van der Waals surface area contributed by atoms with Crippen molar-refractivity contribution in [3.8, 4) is 0 Å². The third-order valence-corrected chi connectivity index (χ3v) is 5.78. The number of hydrogen-bond donors (Lipinski definition) is 1. The van der Waals surface area contributed by atoms with Gasteiger partial charge >= 0.3 is 0 Å². The first-order valence-corrected chi connectivity index (χ1v) is 11.9. The minimum absolute atomic E-state index is 0.204. The van der Waals surface area contributed by atoms with Crippen molar-refractivity contribution in [1.29, 1.82) is 0 Å². The summed E-state index contributed by atoms with van der Waals surface area (Å²) < 4.78 is 0. The van der Waals surface area contributed by atoms with E-state index in [4.69, 9.17) is 0 Å². The van der Waals surface area contributed by atoms with Crippen LogP contribution in [0.3, 0.4) is 0 Å². The maximum Gasteiger partial charge on any atom is 0.262 e. The molecule has 1 N–H and O–H groups in total. The SMILES string of the molecule is CCCCCCCCCCCCCCCNC(=O)CN1C(=O)c2ccccc2C1=O. The number of amides is 3. The lowest BCUT2D eigenvalue weighted by Gasteiger charge is -2.13. The Kier molecular flexibility index (Phi) is 11.2. The van der Waals surface area contributed by atoms with Crippen molar-refractivity contribution in [2.24, 2.45) is 0 Å². The third kappa shape index (κ3) is 7.92. The average molecular weight is 415 g/mol. The van der Waals surface area contributed by atoms with E-state index in [1.54, 1.807) is 24.3 Å². The molecule has 1 heterocycles. The van der Waals surface area contributed by atoms with Gasteiger partial charge in [-0.2, -0.15) is 0 Å². The smallest absolute Gasteiger partial charge is 0.262 e. The van der Waals surface area contributed by atoms with Crippen LogP contribution in [-0.4, -0.2) is 35.7 Å². The van der Waals surface area contributed by atoms with Gasteiger partial charge in [0.15, 0.2) is 0 Å². The second-order valence-electron chi connectivity index (χ2n) is 8.33. The van der Waals surface area contributed by atoms with Crippen molar-refractivity contribution in [2.45, 2.75) is 90.4 Å². The second-order valence-corrected chi connectivity index (χ2v) is 8.33. The number of carbonyl (C=O) groups is 3. The van der Waals surface area contributed by atoms with E-state index >= 15 is 0 Å². The number of rotatable bonds is 16. The van der Waals surface area contributed by atoms with Gasteiger partial charge in [0.05, 0.1) is 11.1 Å². The lowest BCUT2D eigenvalue weighted by Crippen LogP contribution is -2.40. The monoisotopic (exact) mass is 414 g/mol. The molecule has 5 nitrogen and oxygen atoms in total. The van der Waals surface area contributed by atoms with Crippen molar-refractivity contribution in [3.05, 3.63) is 35.4 Å². The van der Waals surface area contributed by atoms with E-state index in [2.05, 4.69) is 12.2 Å². The number of unbranched alkanes of at least 4 members (excludes halogenated alkanes) is 12. The van der Waals surface area contributed by atoms with Crippen LogP contribution in [0.1, 0.15) is 111 Å². The number of nitrogens with zero attached hydrogens (tertiary/aromatic N) is 1. The summed E-state index contributed by atoms with van der Waals surface area (Å²) in [7, 11) is 0. The Balaban J connectivity index is 1.44. The molecule has 1 aliphatic rings. The van der Waals surface area contributed by atoms with Gasteiger partial charge in [-0.25, -0.2) is 0 Å². The maximum atomic E-state index is 12.3. The number of imide groups is 1. The number of hydrogen-bond acceptors (Lipinski definition) is 3. The average Bonchev–Trinajstić information content (AvgIpc) is 2.99. The summed E-state index contributed by atoms with van der Waals surface area (Å²) in [6, 6.07) is 6.70. The van der Waals surface area contributed by atoms with E-state index in [1.165, 1.54) is 70.6 Å². The molecule has 1 aliphatic heterocycles. The van der Waals surface area contributed by atoms with Crippen LogP contribution >= 0.6 is 0 Å². The molecule has 0 atom stereocenters. The lowest BCUT2D eigenvalue weighted by atomic mass is 10.0. The highest BCUT2D eigenvalue weighted by atomic mass is 16.2. The topological polar surface area (TPSA) is 66.5 Å². The van der Waals surface area contributed by atoms with Crippen LogP contribution in [0, 0.1) is 0 Å². The highest BCUT2D eigenvalue weighted by Crippen LogP contribution is 2.21. The van der Waals surface area contributed by atoms with Crippen LogP contribution in [0.25, 0.3) is 0 Å². The summed E-state index contributed by atoms with van der Waals surface area (Å²) in [5.74, 6) is -1.04. The second kappa shape index (κ2) is 13.9. The molecular weight excluding hydrogens is 376 g/mol. The summed E-state index contributed by atoms with van der Waals surface area (Å²) in [6.45, 7) is 2.65. The van der Waals surface area contributed by atoms with Gasteiger partial charge in [-0.05, 0) is 18.6 Å². The van der Waals surface area contributed by atoms with E-state index in [0.717, 1.165) is 17.7 Å². The summed E-state index contributed by atoms with van der Waals surface area (Å²) in [5.41, 5.74) is 0.763. The molecule has 0 saturated carbocycles. The largest absolute Gasteiger partial charge is 0.355 e. The molecule has 0 spiro atoms. The predicted octanol–water partition coefficient (Wildman–Crippen LogP) is 5.49. The van der Waals surface area contributed by atoms with Gasteiger partial charge in [-0.15, -0.1) is 0 Å². The van der Waals surface area contributed by atoms with Gasteiger partial charge in [-0.1, -0.05) is 96.1 Å². The maximum absolute atomic E-state index is 12.3. The molecule has 1 aromatic rings. The van der Waals surface area contributed by atoms with Crippen LogP contribution < -0.4 is 5.32 Å². The Morgan fingerprint density at radius 1 is 0.733 bits per heavy atom. The zero-order chi connectivity index (χ0) is 21.6. The predicted molar refractivity (Wildman–Crippen MR) is 121 cm³/mol. The third-order valence-electron chi connectivity index (χ3n) is 5.78. The van der Waals surface area contributed by atoms with Gasteiger partial charge in [0, 0.05) is 6.54 Å². The van der Waals surface area contributed by atoms with E-state index in [0.29, 0.717) is 17.7 Å². The fourth-order valence-corrected chi connectivity index (χ4v) is 3.95. The van der Waals surface area contributed by atoms with Crippen molar-refractivity contribution in [3.63, 3.8) is 0 Å². The molecule has 2 rings (SSSR count). The van der Waals surface area contributed by atoms with Crippen molar-refractivity contribution >= 4 is 17.7 Å². The van der Waals surface area contributed by atoms with E-state index in [1.807, 2.05) is 0 Å². The lowest BCUT2D eigenvalue weighted by molar-refractivity contribution is -0.121. The number of nitrogens with one attached hydrogen (secondary N) is 1. The summed E-state index contributed by atoms with van der Waals surface area (Å²) in [4.78, 5) is 37.7. The fraction of sp³-hybridized carbons (Fsp3) is 0.640.